The van der Waals surface area contributed by atoms with Gasteiger partial charge in [0.25, 0.3) is 0 Å². The Labute approximate surface area is 390 Å². The summed E-state index contributed by atoms with van der Waals surface area (Å²) in [5, 5.41) is 12.5. The third-order valence-corrected chi connectivity index (χ3v) is 14.4. The van der Waals surface area contributed by atoms with Crippen molar-refractivity contribution in [3.8, 4) is 27.9 Å². The van der Waals surface area contributed by atoms with Gasteiger partial charge < -0.3 is 4.57 Å². The van der Waals surface area contributed by atoms with E-state index in [0.717, 1.165) is 23.4 Å². The van der Waals surface area contributed by atoms with Gasteiger partial charge in [-0.05, 0) is 125 Å². The lowest BCUT2D eigenvalue weighted by Gasteiger charge is -2.31. The molecule has 67 heavy (non-hydrogen) atoms. The fourth-order valence-corrected chi connectivity index (χ4v) is 11.2. The number of nitrogens with zero attached hydrogens (tertiary/aromatic N) is 2. The molecule has 0 spiro atoms. The van der Waals surface area contributed by atoms with Crippen molar-refractivity contribution in [1.29, 1.82) is 0 Å². The second-order valence-electron chi connectivity index (χ2n) is 18.1. The quantitative estimate of drug-likeness (QED) is 0.142. The molecule has 0 N–H and O–H groups in total. The first-order valence-electron chi connectivity index (χ1n) is 23.6. The molecule has 0 saturated heterocycles. The van der Waals surface area contributed by atoms with Crippen molar-refractivity contribution < 1.29 is 0 Å². The van der Waals surface area contributed by atoms with Crippen LogP contribution in [0.4, 0.5) is 0 Å². The molecule has 1 aliphatic rings. The van der Waals surface area contributed by atoms with Crippen LogP contribution in [0.25, 0.3) is 98.5 Å². The van der Waals surface area contributed by atoms with Crippen molar-refractivity contribution in [2.75, 3.05) is 0 Å². The van der Waals surface area contributed by atoms with Gasteiger partial charge in [0.15, 0.2) is 0 Å². The third kappa shape index (κ3) is 6.51. The summed E-state index contributed by atoms with van der Waals surface area (Å²) in [6, 6.07) is 84.9. The molecule has 2 heteroatoms. The van der Waals surface area contributed by atoms with Gasteiger partial charge in [0.05, 0.1) is 22.4 Å². The van der Waals surface area contributed by atoms with Crippen molar-refractivity contribution in [1.82, 2.24) is 4.57 Å². The highest BCUT2D eigenvalue weighted by atomic mass is 15.0. The van der Waals surface area contributed by atoms with E-state index in [1.165, 1.54) is 104 Å². The Morgan fingerprint density at radius 3 is 1.79 bits per heavy atom. The highest BCUT2D eigenvalue weighted by molar-refractivity contribution is 6.29. The zero-order chi connectivity index (χ0) is 44.4. The predicted molar refractivity (Wildman–Crippen MR) is 286 cm³/mol. The first-order chi connectivity index (χ1) is 33.2. The summed E-state index contributed by atoms with van der Waals surface area (Å²) in [6.07, 6.45) is 3.42. The van der Waals surface area contributed by atoms with Crippen LogP contribution >= 0.6 is 0 Å². The van der Waals surface area contributed by atoms with Crippen molar-refractivity contribution in [2.45, 2.75) is 19.3 Å². The Hall–Kier alpha value is -8.33. The molecule has 0 bridgehead atoms. The molecule has 1 aliphatic heterocycles. The van der Waals surface area contributed by atoms with Crippen LogP contribution in [0.5, 0.6) is 0 Å². The number of hydrogen-bond acceptors (Lipinski definition) is 1. The van der Waals surface area contributed by atoms with E-state index in [9.17, 15) is 0 Å². The van der Waals surface area contributed by atoms with Crippen LogP contribution < -0.4 is 0 Å². The zero-order valence-electron chi connectivity index (χ0n) is 37.3. The van der Waals surface area contributed by atoms with E-state index in [4.69, 9.17) is 4.99 Å². The van der Waals surface area contributed by atoms with E-state index < -0.39 is 0 Å². The summed E-state index contributed by atoms with van der Waals surface area (Å²) < 4.78 is 2.42. The average molecular weight is 855 g/mol. The largest absolute Gasteiger partial charge is 0.309 e. The molecule has 0 radical (unpaired) electrons. The van der Waals surface area contributed by atoms with Crippen molar-refractivity contribution >= 4 is 76.3 Å². The van der Waals surface area contributed by atoms with Gasteiger partial charge in [-0.3, -0.25) is 4.99 Å². The monoisotopic (exact) mass is 854 g/mol. The maximum Gasteiger partial charge on any atom is 0.0672 e. The topological polar surface area (TPSA) is 17.3 Å². The predicted octanol–water partition coefficient (Wildman–Crippen LogP) is 17.4. The molecule has 0 saturated carbocycles. The molecule has 316 valence electrons. The molecule has 2 atom stereocenters. The maximum absolute atomic E-state index is 5.60. The third-order valence-electron chi connectivity index (χ3n) is 14.4. The fourth-order valence-electron chi connectivity index (χ4n) is 11.2. The lowest BCUT2D eigenvalue weighted by Crippen LogP contribution is -2.25. The molecular formula is C65H46N2. The van der Waals surface area contributed by atoms with Gasteiger partial charge in [-0.25, -0.2) is 0 Å². The molecule has 0 amide bonds. The SMILES string of the molecule is CCC1C(c2ccccc2)=NC(c2ccc3c(c2)c2ccccc2c2cccc(-c4ccc5c(c4)c4ccccc4n5-c4ccc5ccccc5c4)c23)=CC1c1ccc(-c2ccccc2)cc1. The fraction of sp³-hybridized carbons (Fsp3) is 0.0615. The Kier molecular flexibility index (Phi) is 9.32. The van der Waals surface area contributed by atoms with Gasteiger partial charge in [0.1, 0.15) is 0 Å². The van der Waals surface area contributed by atoms with Crippen molar-refractivity contribution in [3.63, 3.8) is 0 Å². The molecule has 12 aromatic rings. The highest BCUT2D eigenvalue weighted by Gasteiger charge is 2.31. The Balaban J connectivity index is 0.985. The standard InChI is InChI=1S/C65H46N2/c1-2-51-58(45-30-28-44(29-31-45)42-16-5-3-6-17-42)41-61(66-65(51)46-19-7-4-8-20-46)49-33-36-57-59(40-49)54-23-12-11-22-53(54)56-26-15-25-52(64(56)57)48-34-37-63-60(39-48)55-24-13-14-27-62(55)67(63)50-35-32-43-18-9-10-21-47(43)38-50/h3-41,51,58H,2H2,1H3. The number of para-hydroxylation sites is 1. The number of allylic oxidation sites excluding steroid dienone is 1. The van der Waals surface area contributed by atoms with E-state index in [1.807, 2.05) is 0 Å². The minimum atomic E-state index is 0.162. The molecule has 2 nitrogen and oxygen atoms in total. The van der Waals surface area contributed by atoms with Crippen LogP contribution in [0.3, 0.4) is 0 Å². The van der Waals surface area contributed by atoms with E-state index in [2.05, 4.69) is 248 Å². The molecule has 0 fully saturated rings. The van der Waals surface area contributed by atoms with Crippen molar-refractivity contribution in [2.24, 2.45) is 10.9 Å². The van der Waals surface area contributed by atoms with Gasteiger partial charge >= 0.3 is 0 Å². The summed E-state index contributed by atoms with van der Waals surface area (Å²) in [5.74, 6) is 0.399. The van der Waals surface area contributed by atoms with Crippen LogP contribution in [0, 0.1) is 5.92 Å². The number of rotatable bonds is 7. The number of fused-ring (bicyclic) bond motifs is 10. The minimum absolute atomic E-state index is 0.162. The van der Waals surface area contributed by atoms with Crippen LogP contribution in [0.15, 0.2) is 242 Å². The summed E-state index contributed by atoms with van der Waals surface area (Å²) >= 11 is 0. The number of aliphatic imine (C=N–C) groups is 1. The van der Waals surface area contributed by atoms with E-state index in [0.29, 0.717) is 0 Å². The van der Waals surface area contributed by atoms with Crippen LogP contribution in [0.1, 0.15) is 36.0 Å². The molecule has 13 rings (SSSR count). The van der Waals surface area contributed by atoms with Gasteiger partial charge in [-0.2, -0.15) is 0 Å². The molecule has 11 aromatic carbocycles. The number of aromatic nitrogens is 1. The molecule has 1 aromatic heterocycles. The van der Waals surface area contributed by atoms with Crippen LogP contribution in [-0.4, -0.2) is 10.3 Å². The van der Waals surface area contributed by atoms with E-state index >= 15 is 0 Å². The van der Waals surface area contributed by atoms with Gasteiger partial charge in [-0.15, -0.1) is 0 Å². The van der Waals surface area contributed by atoms with E-state index in [1.54, 1.807) is 0 Å². The van der Waals surface area contributed by atoms with Gasteiger partial charge in [0.2, 0.25) is 0 Å². The van der Waals surface area contributed by atoms with Gasteiger partial charge in [-0.1, -0.05) is 201 Å². The Morgan fingerprint density at radius 2 is 1.00 bits per heavy atom. The first kappa shape index (κ1) is 39.1. The summed E-state index contributed by atoms with van der Waals surface area (Å²) in [4.78, 5) is 5.60. The number of hydrogen-bond donors (Lipinski definition) is 0. The average Bonchev–Trinajstić information content (AvgIpc) is 3.74. The Bertz CT molecular complexity index is 3950. The van der Waals surface area contributed by atoms with Crippen molar-refractivity contribution in [3.05, 3.63) is 253 Å². The second kappa shape index (κ2) is 16.0. The van der Waals surface area contributed by atoms with Crippen LogP contribution in [-0.2, 0) is 0 Å². The Morgan fingerprint density at radius 1 is 0.403 bits per heavy atom. The van der Waals surface area contributed by atoms with Crippen LogP contribution in [0.2, 0.25) is 0 Å². The molecule has 0 aliphatic carbocycles. The summed E-state index contributed by atoms with van der Waals surface area (Å²) in [6.45, 7) is 2.30. The number of benzene rings is 11. The maximum atomic E-state index is 5.60. The smallest absolute Gasteiger partial charge is 0.0672 e. The van der Waals surface area contributed by atoms with Gasteiger partial charge in [0, 0.05) is 33.9 Å². The zero-order valence-corrected chi connectivity index (χ0v) is 37.3. The molecular weight excluding hydrogens is 809 g/mol. The summed E-state index contributed by atoms with van der Waals surface area (Å²) in [7, 11) is 0. The van der Waals surface area contributed by atoms with E-state index in [-0.39, 0.29) is 11.8 Å². The lowest BCUT2D eigenvalue weighted by atomic mass is 9.76. The lowest BCUT2D eigenvalue weighted by molar-refractivity contribution is 0.593. The highest BCUT2D eigenvalue weighted by Crippen LogP contribution is 2.45. The molecule has 2 unspecified atom stereocenters. The first-order valence-corrected chi connectivity index (χ1v) is 23.6. The second-order valence-corrected chi connectivity index (χ2v) is 18.1. The minimum Gasteiger partial charge on any atom is -0.309 e. The summed E-state index contributed by atoms with van der Waals surface area (Å²) in [5.41, 5.74) is 14.3. The normalized spacial score (nSPS) is 15.2. The molecule has 2 heterocycles.